The summed E-state index contributed by atoms with van der Waals surface area (Å²) >= 11 is 2.32. The van der Waals surface area contributed by atoms with E-state index in [0.717, 1.165) is 25.9 Å². The van der Waals surface area contributed by atoms with Crippen molar-refractivity contribution in [2.24, 2.45) is 0 Å². The number of ether oxygens (including phenoxy) is 1. The molecule has 3 aromatic carbocycles. The van der Waals surface area contributed by atoms with Gasteiger partial charge in [-0.25, -0.2) is 4.79 Å². The molecule has 0 aromatic heterocycles. The fraction of sp³-hybridized carbons (Fsp3) is 0.333. The molecule has 0 saturated carbocycles. The number of amides is 1. The van der Waals surface area contributed by atoms with E-state index in [0.29, 0.717) is 32.8 Å². The Kier molecular flexibility index (Phi) is 7.16. The lowest BCUT2D eigenvalue weighted by Crippen LogP contribution is -2.49. The zero-order valence-electron chi connectivity index (χ0n) is 21.4. The van der Waals surface area contributed by atoms with Crippen molar-refractivity contribution in [3.8, 4) is 11.1 Å². The minimum absolute atomic E-state index is 0.0145. The molecular formula is C30H31IN2O4. The largest absolute Gasteiger partial charge is 0.481 e. The number of carboxylic acids is 1. The van der Waals surface area contributed by atoms with Gasteiger partial charge in [-0.1, -0.05) is 48.5 Å². The molecule has 7 heteroatoms. The Bertz CT molecular complexity index is 1330. The van der Waals surface area contributed by atoms with Gasteiger partial charge in [-0.15, -0.1) is 0 Å². The minimum atomic E-state index is -0.822. The Balaban J connectivity index is 1.26. The van der Waals surface area contributed by atoms with Crippen LogP contribution >= 0.6 is 22.6 Å². The van der Waals surface area contributed by atoms with Crippen LogP contribution in [0.5, 0.6) is 0 Å². The molecule has 1 heterocycles. The third-order valence-electron chi connectivity index (χ3n) is 7.79. The highest BCUT2D eigenvalue weighted by Gasteiger charge is 2.31. The number of hydrogen-bond acceptors (Lipinski definition) is 4. The van der Waals surface area contributed by atoms with Gasteiger partial charge < -0.3 is 19.6 Å². The minimum Gasteiger partial charge on any atom is -0.481 e. The first-order valence-corrected chi connectivity index (χ1v) is 13.7. The molecule has 0 unspecified atom stereocenters. The van der Waals surface area contributed by atoms with Crippen molar-refractivity contribution in [3.63, 3.8) is 0 Å². The van der Waals surface area contributed by atoms with Crippen LogP contribution in [0.25, 0.3) is 11.1 Å². The third-order valence-corrected chi connectivity index (χ3v) is 9.41. The van der Waals surface area contributed by atoms with Gasteiger partial charge in [0.05, 0.1) is 6.42 Å². The first-order chi connectivity index (χ1) is 17.8. The van der Waals surface area contributed by atoms with E-state index in [1.54, 1.807) is 4.90 Å². The van der Waals surface area contributed by atoms with Crippen molar-refractivity contribution in [2.75, 3.05) is 37.7 Å². The number of halogens is 1. The lowest BCUT2D eigenvalue weighted by molar-refractivity contribution is -0.136. The molecule has 2 aliphatic rings. The standard InChI is InChI=1S/C30H31IN2O4/c1-18-25(16-27(34)35)19(2)29(20(3)28(18)31)32-12-14-33(15-13-32)30(36)37-17-26-23-10-6-4-8-21(23)22-9-5-7-11-24(22)26/h4-11,26H,12-17H2,1-3H3,(H,34,35). The molecular weight excluding hydrogens is 579 g/mol. The summed E-state index contributed by atoms with van der Waals surface area (Å²) in [5, 5.41) is 9.44. The Morgan fingerprint density at radius 3 is 2.03 bits per heavy atom. The van der Waals surface area contributed by atoms with E-state index < -0.39 is 5.97 Å². The average molecular weight is 610 g/mol. The van der Waals surface area contributed by atoms with Crippen LogP contribution in [0.3, 0.4) is 0 Å². The van der Waals surface area contributed by atoms with Gasteiger partial charge in [-0.2, -0.15) is 0 Å². The number of carboxylic acid groups (broad SMARTS) is 1. The van der Waals surface area contributed by atoms with Gasteiger partial charge in [0.1, 0.15) is 6.61 Å². The summed E-state index contributed by atoms with van der Waals surface area (Å²) in [6.07, 6.45) is -0.263. The maximum absolute atomic E-state index is 13.0. The number of aliphatic carboxylic acids is 1. The maximum atomic E-state index is 13.0. The predicted molar refractivity (Wildman–Crippen MR) is 154 cm³/mol. The highest BCUT2D eigenvalue weighted by Crippen LogP contribution is 2.44. The summed E-state index contributed by atoms with van der Waals surface area (Å²) in [6.45, 7) is 8.91. The van der Waals surface area contributed by atoms with Gasteiger partial charge in [0.25, 0.3) is 0 Å². The van der Waals surface area contributed by atoms with Crippen molar-refractivity contribution >= 4 is 40.3 Å². The van der Waals surface area contributed by atoms with Crippen LogP contribution in [-0.4, -0.2) is 54.9 Å². The number of piperazine rings is 1. The molecule has 1 aliphatic carbocycles. The smallest absolute Gasteiger partial charge is 0.409 e. The Morgan fingerprint density at radius 2 is 1.46 bits per heavy atom. The number of carbonyl (C=O) groups is 2. The average Bonchev–Trinajstić information content (AvgIpc) is 3.22. The number of benzene rings is 3. The van der Waals surface area contributed by atoms with Crippen LogP contribution in [0.4, 0.5) is 10.5 Å². The van der Waals surface area contributed by atoms with Crippen LogP contribution in [0.1, 0.15) is 39.3 Å². The highest BCUT2D eigenvalue weighted by atomic mass is 127. The number of rotatable bonds is 5. The van der Waals surface area contributed by atoms with Crippen molar-refractivity contribution < 1.29 is 19.4 Å². The number of nitrogens with zero attached hydrogens (tertiary/aromatic N) is 2. The molecule has 37 heavy (non-hydrogen) atoms. The normalized spacial score (nSPS) is 14.9. The molecule has 6 nitrogen and oxygen atoms in total. The summed E-state index contributed by atoms with van der Waals surface area (Å²) < 4.78 is 6.97. The molecule has 1 fully saturated rings. The Morgan fingerprint density at radius 1 is 0.892 bits per heavy atom. The van der Waals surface area contributed by atoms with Crippen molar-refractivity contribution in [1.29, 1.82) is 0 Å². The van der Waals surface area contributed by atoms with Gasteiger partial charge in [-0.3, -0.25) is 4.79 Å². The van der Waals surface area contributed by atoms with E-state index in [1.807, 2.05) is 38.1 Å². The first kappa shape index (κ1) is 25.6. The summed E-state index contributed by atoms with van der Waals surface area (Å²) in [4.78, 5) is 28.6. The number of carbonyl (C=O) groups excluding carboxylic acids is 1. The number of hydrogen-bond donors (Lipinski definition) is 1. The second-order valence-electron chi connectivity index (χ2n) is 9.86. The molecule has 0 atom stereocenters. The zero-order valence-corrected chi connectivity index (χ0v) is 23.5. The van der Waals surface area contributed by atoms with Crippen LogP contribution in [-0.2, 0) is 16.0 Å². The van der Waals surface area contributed by atoms with Gasteiger partial charge in [0, 0.05) is 41.4 Å². The SMILES string of the molecule is Cc1c(I)c(C)c(N2CCN(C(=O)OCC3c4ccccc4-c4ccccc43)CC2)c(C)c1CC(=O)O. The summed E-state index contributed by atoms with van der Waals surface area (Å²) in [7, 11) is 0. The van der Waals surface area contributed by atoms with E-state index in [9.17, 15) is 14.7 Å². The Labute approximate surface area is 231 Å². The van der Waals surface area contributed by atoms with E-state index >= 15 is 0 Å². The summed E-state index contributed by atoms with van der Waals surface area (Å²) in [5.41, 5.74) is 10.1. The monoisotopic (exact) mass is 610 g/mol. The summed E-state index contributed by atoms with van der Waals surface area (Å²) in [5.74, 6) is -0.776. The van der Waals surface area contributed by atoms with Crippen LogP contribution in [0.15, 0.2) is 48.5 Å². The van der Waals surface area contributed by atoms with Crippen LogP contribution < -0.4 is 4.90 Å². The lowest BCUT2D eigenvalue weighted by Gasteiger charge is -2.38. The van der Waals surface area contributed by atoms with Crippen molar-refractivity contribution in [2.45, 2.75) is 33.1 Å². The fourth-order valence-corrected chi connectivity index (χ4v) is 6.49. The molecule has 192 valence electrons. The number of anilines is 1. The molecule has 5 rings (SSSR count). The van der Waals surface area contributed by atoms with Gasteiger partial charge in [-0.05, 0) is 87.9 Å². The highest BCUT2D eigenvalue weighted by molar-refractivity contribution is 14.1. The molecule has 1 amide bonds. The molecule has 1 saturated heterocycles. The topological polar surface area (TPSA) is 70.1 Å². The second kappa shape index (κ2) is 10.4. The van der Waals surface area contributed by atoms with Gasteiger partial charge >= 0.3 is 12.1 Å². The molecule has 3 aromatic rings. The Hall–Kier alpha value is -3.07. The van der Waals surface area contributed by atoms with Crippen LogP contribution in [0, 0.1) is 24.3 Å². The molecule has 0 radical (unpaired) electrons. The fourth-order valence-electron chi connectivity index (χ4n) is 5.91. The first-order valence-electron chi connectivity index (χ1n) is 12.6. The van der Waals surface area contributed by atoms with E-state index in [-0.39, 0.29) is 18.4 Å². The predicted octanol–water partition coefficient (Wildman–Crippen LogP) is 5.91. The van der Waals surface area contributed by atoms with Crippen molar-refractivity contribution in [1.82, 2.24) is 4.90 Å². The van der Waals surface area contributed by atoms with Gasteiger partial charge in [0.2, 0.25) is 0 Å². The lowest BCUT2D eigenvalue weighted by atomic mass is 9.94. The van der Waals surface area contributed by atoms with E-state index in [4.69, 9.17) is 4.74 Å². The van der Waals surface area contributed by atoms with E-state index in [1.165, 1.54) is 27.8 Å². The van der Waals surface area contributed by atoms with E-state index in [2.05, 4.69) is 58.7 Å². The number of fused-ring (bicyclic) bond motifs is 3. The summed E-state index contributed by atoms with van der Waals surface area (Å²) in [6, 6.07) is 16.7. The molecule has 0 spiro atoms. The third kappa shape index (κ3) is 4.69. The second-order valence-corrected chi connectivity index (χ2v) is 10.9. The van der Waals surface area contributed by atoms with Crippen molar-refractivity contribution in [3.05, 3.63) is 85.5 Å². The quantitative estimate of drug-likeness (QED) is 0.364. The zero-order chi connectivity index (χ0) is 26.3. The maximum Gasteiger partial charge on any atom is 0.409 e. The van der Waals surface area contributed by atoms with Crippen LogP contribution in [0.2, 0.25) is 0 Å². The molecule has 1 N–H and O–H groups in total. The van der Waals surface area contributed by atoms with Gasteiger partial charge in [0.15, 0.2) is 0 Å². The molecule has 1 aliphatic heterocycles. The molecule has 0 bridgehead atoms.